The summed E-state index contributed by atoms with van der Waals surface area (Å²) < 4.78 is 88.0. The van der Waals surface area contributed by atoms with Crippen molar-refractivity contribution in [3.63, 3.8) is 0 Å². The Balaban J connectivity index is 0.000000235. The summed E-state index contributed by atoms with van der Waals surface area (Å²) in [5.41, 5.74) is 8.14. The van der Waals surface area contributed by atoms with E-state index in [2.05, 4.69) is 28.4 Å². The largest absolute Gasteiger partial charge is 0.465 e. The Morgan fingerprint density at radius 2 is 1.02 bits per heavy atom. The Morgan fingerprint density at radius 3 is 1.42 bits per heavy atom. The number of anilines is 1. The number of carbonyl (C=O) groups is 2. The third-order valence-electron chi connectivity index (χ3n) is 8.63. The average molecular weight is 877 g/mol. The standard InChI is InChI=1S/C23H16FNO6S.C23H18FNO4S/c1-31-23(26)19-9-12-22(18(14-19)8-5-16-6-10-20(24)11-7-16)32(29,30)15-17-3-2-4-21(13-17)25(27)28;1-29-23(26)19-9-12-22(30(27,28)15-17-3-2-4-21(25)13-17)18(14-19)8-5-16-6-10-20(24)11-7-16/h2-4,6-7,9-14H,15H2,1H3;2-4,6-7,9-14H,15,25H2,1H3. The van der Waals surface area contributed by atoms with Gasteiger partial charge in [0.15, 0.2) is 19.7 Å². The molecule has 0 spiro atoms. The second-order valence-corrected chi connectivity index (χ2v) is 17.0. The fourth-order valence-electron chi connectivity index (χ4n) is 5.67. The van der Waals surface area contributed by atoms with Crippen LogP contribution in [0.4, 0.5) is 20.2 Å². The second-order valence-electron chi connectivity index (χ2n) is 13.1. The molecule has 0 bridgehead atoms. The van der Waals surface area contributed by atoms with E-state index in [4.69, 9.17) is 10.5 Å². The van der Waals surface area contributed by atoms with Gasteiger partial charge in [-0.1, -0.05) is 47.9 Å². The number of nitrogens with two attached hydrogens (primary N) is 1. The summed E-state index contributed by atoms with van der Waals surface area (Å²) >= 11 is 0. The van der Waals surface area contributed by atoms with E-state index in [1.54, 1.807) is 24.3 Å². The van der Waals surface area contributed by atoms with Crippen LogP contribution in [0.15, 0.2) is 143 Å². The highest BCUT2D eigenvalue weighted by atomic mass is 32.2. The predicted octanol–water partition coefficient (Wildman–Crippen LogP) is 7.46. The Labute approximate surface area is 355 Å². The Bertz CT molecular complexity index is 3020. The Morgan fingerprint density at radius 1 is 0.597 bits per heavy atom. The molecule has 0 saturated carbocycles. The summed E-state index contributed by atoms with van der Waals surface area (Å²) in [6, 6.07) is 30.6. The zero-order chi connectivity index (χ0) is 45.0. The predicted molar refractivity (Wildman–Crippen MR) is 226 cm³/mol. The molecule has 0 fully saturated rings. The molecule has 0 atom stereocenters. The van der Waals surface area contributed by atoms with Gasteiger partial charge in [-0.2, -0.15) is 0 Å². The van der Waals surface area contributed by atoms with Gasteiger partial charge in [0.1, 0.15) is 11.6 Å². The van der Waals surface area contributed by atoms with E-state index in [0.29, 0.717) is 22.4 Å². The summed E-state index contributed by atoms with van der Waals surface area (Å²) in [7, 11) is -5.35. The number of carbonyl (C=O) groups excluding carboxylic acids is 2. The van der Waals surface area contributed by atoms with Gasteiger partial charge in [0.25, 0.3) is 5.69 Å². The zero-order valence-corrected chi connectivity index (χ0v) is 34.4. The number of nitro groups is 1. The van der Waals surface area contributed by atoms with Crippen LogP contribution in [0.1, 0.15) is 54.1 Å². The molecule has 6 aromatic carbocycles. The number of rotatable bonds is 9. The Kier molecular flexibility index (Phi) is 14.7. The molecule has 0 unspecified atom stereocenters. The highest BCUT2D eigenvalue weighted by molar-refractivity contribution is 7.91. The fraction of sp³-hybridized carbons (Fsp3) is 0.0870. The molecule has 6 aromatic rings. The summed E-state index contributed by atoms with van der Waals surface area (Å²) in [5.74, 6) is 8.16. The smallest absolute Gasteiger partial charge is 0.337 e. The number of ether oxygens (including phenoxy) is 2. The van der Waals surface area contributed by atoms with Gasteiger partial charge in [-0.15, -0.1) is 0 Å². The van der Waals surface area contributed by atoms with Crippen molar-refractivity contribution in [3.05, 3.63) is 200 Å². The second kappa shape index (κ2) is 20.1. The minimum absolute atomic E-state index is 0.0211. The lowest BCUT2D eigenvalue weighted by Gasteiger charge is -2.09. The summed E-state index contributed by atoms with van der Waals surface area (Å²) in [4.78, 5) is 34.0. The quantitative estimate of drug-likeness (QED) is 0.0499. The van der Waals surface area contributed by atoms with E-state index >= 15 is 0 Å². The van der Waals surface area contributed by atoms with Crippen LogP contribution >= 0.6 is 0 Å². The first-order valence-electron chi connectivity index (χ1n) is 18.0. The first-order chi connectivity index (χ1) is 29.5. The van der Waals surface area contributed by atoms with Crippen molar-refractivity contribution >= 4 is 43.0 Å². The van der Waals surface area contributed by atoms with Crippen LogP contribution in [0.25, 0.3) is 0 Å². The number of hydrogen-bond donors (Lipinski definition) is 1. The van der Waals surface area contributed by atoms with E-state index in [9.17, 15) is 45.3 Å². The van der Waals surface area contributed by atoms with E-state index in [1.165, 1.54) is 123 Å². The minimum atomic E-state index is -3.98. The third kappa shape index (κ3) is 12.2. The van der Waals surface area contributed by atoms with Crippen LogP contribution in [-0.4, -0.2) is 47.9 Å². The van der Waals surface area contributed by atoms with E-state index in [1.807, 2.05) is 0 Å². The lowest BCUT2D eigenvalue weighted by atomic mass is 10.1. The number of nitrogens with zero attached hydrogens (tertiary/aromatic N) is 1. The monoisotopic (exact) mass is 876 g/mol. The average Bonchev–Trinajstić information content (AvgIpc) is 3.25. The van der Waals surface area contributed by atoms with Crippen molar-refractivity contribution in [1.82, 2.24) is 0 Å². The molecule has 16 heteroatoms. The molecular formula is C46H34F2N2O10S2. The van der Waals surface area contributed by atoms with E-state index < -0.39 is 53.9 Å². The summed E-state index contributed by atoms with van der Waals surface area (Å²) in [6.07, 6.45) is 0. The van der Waals surface area contributed by atoms with Crippen LogP contribution in [-0.2, 0) is 40.7 Å². The van der Waals surface area contributed by atoms with Gasteiger partial charge in [0.05, 0.1) is 51.6 Å². The molecule has 0 aliphatic rings. The number of benzene rings is 6. The van der Waals surface area contributed by atoms with Gasteiger partial charge in [-0.25, -0.2) is 35.2 Å². The molecule has 0 radical (unpaired) electrons. The third-order valence-corrected chi connectivity index (χ3v) is 12.1. The SMILES string of the molecule is COC(=O)c1ccc(S(=O)(=O)Cc2cccc(N)c2)c(C#Cc2ccc(F)cc2)c1.COC(=O)c1ccc(S(=O)(=O)Cc2cccc([N+](=O)[O-])c2)c(C#Cc2ccc(F)cc2)c1. The van der Waals surface area contributed by atoms with Crippen molar-refractivity contribution < 1.29 is 49.6 Å². The normalized spacial score (nSPS) is 10.7. The lowest BCUT2D eigenvalue weighted by molar-refractivity contribution is -0.384. The van der Waals surface area contributed by atoms with E-state index in [-0.39, 0.29) is 49.0 Å². The van der Waals surface area contributed by atoms with Crippen molar-refractivity contribution in [2.75, 3.05) is 20.0 Å². The van der Waals surface area contributed by atoms with Crippen LogP contribution in [0, 0.1) is 45.4 Å². The fourth-order valence-corrected chi connectivity index (χ4v) is 8.66. The van der Waals surface area contributed by atoms with Gasteiger partial charge < -0.3 is 15.2 Å². The van der Waals surface area contributed by atoms with Crippen LogP contribution in [0.3, 0.4) is 0 Å². The van der Waals surface area contributed by atoms with Crippen LogP contribution < -0.4 is 5.73 Å². The number of nitro benzene ring substituents is 1. The summed E-state index contributed by atoms with van der Waals surface area (Å²) in [6.45, 7) is 0. The number of methoxy groups -OCH3 is 2. The molecule has 2 N–H and O–H groups in total. The number of hydrogen-bond acceptors (Lipinski definition) is 11. The lowest BCUT2D eigenvalue weighted by Crippen LogP contribution is -2.09. The first kappa shape index (κ1) is 45.4. The number of halogens is 2. The zero-order valence-electron chi connectivity index (χ0n) is 32.8. The number of esters is 2. The molecule has 0 amide bonds. The van der Waals surface area contributed by atoms with Gasteiger partial charge in [0, 0.05) is 40.1 Å². The molecular weight excluding hydrogens is 843 g/mol. The molecule has 0 saturated heterocycles. The molecule has 6 rings (SSSR count). The highest BCUT2D eigenvalue weighted by Crippen LogP contribution is 2.25. The first-order valence-corrected chi connectivity index (χ1v) is 21.3. The van der Waals surface area contributed by atoms with Crippen LogP contribution in [0.2, 0.25) is 0 Å². The molecule has 0 heterocycles. The van der Waals surface area contributed by atoms with Gasteiger partial charge in [-0.3, -0.25) is 10.1 Å². The maximum atomic E-state index is 13.1. The maximum absolute atomic E-state index is 13.1. The minimum Gasteiger partial charge on any atom is -0.465 e. The van der Waals surface area contributed by atoms with Crippen molar-refractivity contribution in [3.8, 4) is 23.7 Å². The van der Waals surface area contributed by atoms with Crippen LogP contribution in [0.5, 0.6) is 0 Å². The molecule has 62 heavy (non-hydrogen) atoms. The van der Waals surface area contributed by atoms with Gasteiger partial charge in [0.2, 0.25) is 0 Å². The molecule has 12 nitrogen and oxygen atoms in total. The number of nitrogen functional groups attached to an aromatic ring is 1. The number of sulfone groups is 2. The topological polar surface area (TPSA) is 190 Å². The summed E-state index contributed by atoms with van der Waals surface area (Å²) in [5, 5.41) is 11.0. The van der Waals surface area contributed by atoms with Gasteiger partial charge >= 0.3 is 11.9 Å². The number of non-ortho nitro benzene ring substituents is 1. The molecule has 0 aliphatic heterocycles. The Hall–Kier alpha value is -7.66. The van der Waals surface area contributed by atoms with Crippen molar-refractivity contribution in [2.24, 2.45) is 0 Å². The van der Waals surface area contributed by atoms with Crippen molar-refractivity contribution in [1.29, 1.82) is 0 Å². The molecule has 0 aromatic heterocycles. The van der Waals surface area contributed by atoms with E-state index in [0.717, 1.165) is 0 Å². The maximum Gasteiger partial charge on any atom is 0.337 e. The van der Waals surface area contributed by atoms with Crippen molar-refractivity contribution in [2.45, 2.75) is 21.3 Å². The molecule has 314 valence electrons. The molecule has 0 aliphatic carbocycles. The highest BCUT2D eigenvalue weighted by Gasteiger charge is 2.23. The van der Waals surface area contributed by atoms with Gasteiger partial charge in [-0.05, 0) is 108 Å².